The van der Waals surface area contributed by atoms with E-state index in [1.165, 1.54) is 29.8 Å². The van der Waals surface area contributed by atoms with Crippen LogP contribution in [0.25, 0.3) is 11.2 Å². The number of nitrogen functional groups attached to an aromatic ring is 1. The number of anilines is 1. The summed E-state index contributed by atoms with van der Waals surface area (Å²) in [5.41, 5.74) is 2.61. The second kappa shape index (κ2) is 9.36. The van der Waals surface area contributed by atoms with E-state index in [0.717, 1.165) is 0 Å². The van der Waals surface area contributed by atoms with E-state index in [-0.39, 0.29) is 60.9 Å². The number of aryl methyl sites for hydroxylation is 1. The molecule has 0 spiro atoms. The zero-order valence-corrected chi connectivity index (χ0v) is 20.7. The van der Waals surface area contributed by atoms with Crippen molar-refractivity contribution in [2.75, 3.05) is 19.3 Å². The van der Waals surface area contributed by atoms with Gasteiger partial charge in [0.1, 0.15) is 6.23 Å². The van der Waals surface area contributed by atoms with Crippen LogP contribution in [0, 0.1) is 25.3 Å². The number of amides is 1. The Morgan fingerprint density at radius 2 is 2.18 bits per heavy atom. The normalized spacial score (nSPS) is 25.2. The predicted molar refractivity (Wildman–Crippen MR) is 125 cm³/mol. The van der Waals surface area contributed by atoms with Gasteiger partial charge < -0.3 is 38.8 Å². The third-order valence-corrected chi connectivity index (χ3v) is 6.71. The Bertz CT molecular complexity index is 1560. The number of rotatable bonds is 8. The highest BCUT2D eigenvalue weighted by Gasteiger charge is 2.85. The molecule has 2 aliphatic rings. The van der Waals surface area contributed by atoms with Gasteiger partial charge in [-0.15, -0.1) is 6.42 Å². The van der Waals surface area contributed by atoms with Crippen LogP contribution >= 0.6 is 0 Å². The summed E-state index contributed by atoms with van der Waals surface area (Å²) in [6.45, 7) is 1.35. The summed E-state index contributed by atoms with van der Waals surface area (Å²) < 4.78 is 40.9. The van der Waals surface area contributed by atoms with E-state index >= 15 is 0 Å². The van der Waals surface area contributed by atoms with E-state index in [4.69, 9.17) is 35.2 Å². The van der Waals surface area contributed by atoms with Crippen molar-refractivity contribution in [2.24, 2.45) is 0 Å². The lowest BCUT2D eigenvalue weighted by atomic mass is 10.2. The molecule has 5 rings (SSSR count). The number of esters is 1. The summed E-state index contributed by atoms with van der Waals surface area (Å²) in [7, 11) is 1.46. The number of fused-ring (bicyclic) bond motifs is 2. The molecule has 0 radical (unpaired) electrons. The first-order chi connectivity index (χ1) is 18.5. The Labute approximate surface area is 218 Å². The second-order valence-electron chi connectivity index (χ2n) is 9.17. The van der Waals surface area contributed by atoms with Crippen molar-refractivity contribution in [2.45, 2.75) is 56.3 Å². The van der Waals surface area contributed by atoms with Gasteiger partial charge in [0.2, 0.25) is 5.60 Å². The van der Waals surface area contributed by atoms with Crippen LogP contribution < -0.4 is 11.6 Å². The number of hydrogen-bond acceptors (Lipinski definition) is 13. The number of imidazole rings is 1. The fourth-order valence-corrected chi connectivity index (χ4v) is 4.58. The molecule has 206 valence electrons. The average molecular weight is 546 g/mol. The number of carbonyl (C=O) groups excluding carboxylic acids is 2. The van der Waals surface area contributed by atoms with Gasteiger partial charge >= 0.3 is 24.0 Å². The monoisotopic (exact) mass is 546 g/mol. The van der Waals surface area contributed by atoms with Crippen molar-refractivity contribution in [3.8, 4) is 12.3 Å². The van der Waals surface area contributed by atoms with Gasteiger partial charge in [-0.3, -0.25) is 9.36 Å². The number of halogens is 1. The average Bonchev–Trinajstić information content (AvgIpc) is 3.32. The molecule has 4 atom stereocenters. The molecule has 15 nitrogen and oxygen atoms in total. The highest BCUT2D eigenvalue weighted by molar-refractivity contribution is 5.81. The molecule has 0 aromatic carbocycles. The van der Waals surface area contributed by atoms with Gasteiger partial charge in [-0.1, -0.05) is 5.92 Å². The first-order valence-electron chi connectivity index (χ1n) is 11.7. The Morgan fingerprint density at radius 1 is 1.41 bits per heavy atom. The third-order valence-electron chi connectivity index (χ3n) is 6.71. The van der Waals surface area contributed by atoms with E-state index in [0.29, 0.717) is 0 Å². The fourth-order valence-electron chi connectivity index (χ4n) is 4.58. The van der Waals surface area contributed by atoms with Crippen molar-refractivity contribution >= 4 is 29.0 Å². The van der Waals surface area contributed by atoms with Crippen LogP contribution in [-0.2, 0) is 25.6 Å². The summed E-state index contributed by atoms with van der Waals surface area (Å²) in [5.74, 6) is 0.963. The zero-order valence-electron chi connectivity index (χ0n) is 20.7. The molecule has 1 saturated carbocycles. The minimum Gasteiger partial charge on any atom is -0.455 e. The van der Waals surface area contributed by atoms with E-state index < -0.39 is 47.5 Å². The number of aromatic nitrogens is 4. The third kappa shape index (κ3) is 4.34. The summed E-state index contributed by atoms with van der Waals surface area (Å²) in [4.78, 5) is 48.0. The van der Waals surface area contributed by atoms with Crippen LogP contribution in [0.4, 0.5) is 15.0 Å². The summed E-state index contributed by atoms with van der Waals surface area (Å²) in [5, 5.41) is 11.1. The second-order valence-corrected chi connectivity index (χ2v) is 9.17. The molecule has 3 aromatic heterocycles. The molecule has 1 aliphatic heterocycles. The Morgan fingerprint density at radius 3 is 2.85 bits per heavy atom. The van der Waals surface area contributed by atoms with Gasteiger partial charge in [0.15, 0.2) is 46.8 Å². The fraction of sp³-hybridized carbons (Fsp3) is 0.478. The van der Waals surface area contributed by atoms with Gasteiger partial charge in [0, 0.05) is 26.4 Å². The van der Waals surface area contributed by atoms with Crippen LogP contribution in [-0.4, -0.2) is 72.5 Å². The highest BCUT2D eigenvalue weighted by Crippen LogP contribution is 2.63. The number of nitrogens with zero attached hydrogens (tertiary/aromatic N) is 5. The smallest absolute Gasteiger partial charge is 0.455 e. The van der Waals surface area contributed by atoms with E-state index in [1.54, 1.807) is 0 Å². The van der Waals surface area contributed by atoms with Crippen molar-refractivity contribution in [1.82, 2.24) is 24.4 Å². The molecular weight excluding hydrogens is 523 g/mol. The number of ether oxygens (including phenoxy) is 3. The van der Waals surface area contributed by atoms with Crippen molar-refractivity contribution in [1.29, 1.82) is 0 Å². The maximum atomic E-state index is 13.7. The Kier molecular flexibility index (Phi) is 6.27. The number of hydrogen-bond donors (Lipinski definition) is 2. The highest BCUT2D eigenvalue weighted by atomic mass is 19.1. The van der Waals surface area contributed by atoms with Gasteiger partial charge in [-0.05, 0) is 13.3 Å². The van der Waals surface area contributed by atoms with Crippen molar-refractivity contribution in [3.63, 3.8) is 0 Å². The molecule has 1 unspecified atom stereocenters. The predicted octanol–water partition coefficient (Wildman–Crippen LogP) is 0.398. The molecule has 1 amide bonds. The molecule has 3 N–H and O–H groups in total. The molecule has 2 fully saturated rings. The Balaban J connectivity index is 1.12. The van der Waals surface area contributed by atoms with Crippen LogP contribution in [0.15, 0.2) is 20.0 Å². The lowest BCUT2D eigenvalue weighted by Gasteiger charge is -2.20. The lowest BCUT2D eigenvalue weighted by molar-refractivity contribution is -0.152. The molecule has 16 heteroatoms. The molecule has 4 heterocycles. The Hall–Kier alpha value is -4.49. The first-order valence-corrected chi connectivity index (χ1v) is 11.7. The minimum absolute atomic E-state index is 0.0581. The van der Waals surface area contributed by atoms with Gasteiger partial charge in [0.05, 0.1) is 6.33 Å². The molecule has 0 bridgehead atoms. The standard InChI is InChI=1S/C23H23FN6O9/c1-4-23-18(22(23,34)8-13(39-23)30-10-26-15-16(25)27-19(24)28-17(15)30)38-14(31)6-5-7-29(3)20(32)35-9-12-11(2)36-21(33)37-12/h1,10,13,18,34H,5-9H2,2-3H3,(H2,25,27,28)/t13-,18?,22-,23-/m1/s1. The summed E-state index contributed by atoms with van der Waals surface area (Å²) in [6.07, 6.45) is 3.24. The van der Waals surface area contributed by atoms with Crippen LogP contribution in [0.1, 0.15) is 37.0 Å². The quantitative estimate of drug-likeness (QED) is 0.224. The molecule has 39 heavy (non-hydrogen) atoms. The van der Waals surface area contributed by atoms with Gasteiger partial charge in [-0.2, -0.15) is 14.4 Å². The molecular formula is C23H23FN6O9. The van der Waals surface area contributed by atoms with Crippen LogP contribution in [0.3, 0.4) is 0 Å². The van der Waals surface area contributed by atoms with Gasteiger partial charge in [0.25, 0.3) is 0 Å². The largest absolute Gasteiger partial charge is 0.519 e. The van der Waals surface area contributed by atoms with E-state index in [1.807, 2.05) is 0 Å². The minimum atomic E-state index is -1.68. The maximum Gasteiger partial charge on any atom is 0.519 e. The van der Waals surface area contributed by atoms with Crippen LogP contribution in [0.2, 0.25) is 0 Å². The van der Waals surface area contributed by atoms with Crippen LogP contribution in [0.5, 0.6) is 0 Å². The topological polar surface area (TPSA) is 198 Å². The zero-order chi connectivity index (χ0) is 28.1. The van der Waals surface area contributed by atoms with E-state index in [9.17, 15) is 23.9 Å². The number of terminal acetylenes is 1. The lowest BCUT2D eigenvalue weighted by Crippen LogP contribution is -2.29. The SMILES string of the molecule is C#C[C@]12O[C@@H](n3cnc4c(N)nc(F)nc43)C[C@@]1(O)C2OC(=O)CCCN(C)C(=O)OCc1oc(=O)oc1C. The maximum absolute atomic E-state index is 13.7. The number of aliphatic hydroxyl groups is 1. The molecule has 3 aromatic rings. The van der Waals surface area contributed by atoms with Gasteiger partial charge in [-0.25, -0.2) is 14.6 Å². The molecule has 1 saturated heterocycles. The number of nitrogens with two attached hydrogens (primary N) is 1. The summed E-state index contributed by atoms with van der Waals surface area (Å²) in [6, 6.07) is 0. The molecule has 1 aliphatic carbocycles. The number of carbonyl (C=O) groups is 2. The summed E-state index contributed by atoms with van der Waals surface area (Å²) >= 11 is 0. The van der Waals surface area contributed by atoms with Crippen molar-refractivity contribution < 1.29 is 42.1 Å². The van der Waals surface area contributed by atoms with E-state index in [2.05, 4.69) is 20.9 Å². The first kappa shape index (κ1) is 26.1. The van der Waals surface area contributed by atoms with Crippen molar-refractivity contribution in [3.05, 3.63) is 34.5 Å².